The Labute approximate surface area is 138 Å². The number of nitrogens with zero attached hydrogens (tertiary/aromatic N) is 3. The number of carbonyl (C=O) groups is 1. The first-order valence-corrected chi connectivity index (χ1v) is 7.90. The first-order chi connectivity index (χ1) is 11.7. The number of rotatable bonds is 5. The Morgan fingerprint density at radius 2 is 2.17 bits per heavy atom. The van der Waals surface area contributed by atoms with E-state index in [4.69, 9.17) is 14.9 Å². The molecule has 0 aliphatic heterocycles. The van der Waals surface area contributed by atoms with Gasteiger partial charge in [-0.15, -0.1) is 0 Å². The number of hydrogen-bond acceptors (Lipinski definition) is 4. The van der Waals surface area contributed by atoms with E-state index in [2.05, 4.69) is 4.98 Å². The Morgan fingerprint density at radius 1 is 1.33 bits per heavy atom. The van der Waals surface area contributed by atoms with Crippen molar-refractivity contribution in [1.82, 2.24) is 14.6 Å². The molecule has 6 nitrogen and oxygen atoms in total. The third-order valence-electron chi connectivity index (χ3n) is 4.32. The van der Waals surface area contributed by atoms with Gasteiger partial charge < -0.3 is 9.84 Å². The van der Waals surface area contributed by atoms with E-state index in [1.165, 1.54) is 6.07 Å². The number of hydrogen-bond donors (Lipinski definition) is 1. The first-order valence-electron chi connectivity index (χ1n) is 7.90. The molecular formula is C18H17N3O3. The van der Waals surface area contributed by atoms with Gasteiger partial charge in [0.05, 0.1) is 24.5 Å². The first kappa shape index (κ1) is 14.7. The van der Waals surface area contributed by atoms with Crippen LogP contribution in [0.15, 0.2) is 36.5 Å². The van der Waals surface area contributed by atoms with Crippen molar-refractivity contribution < 1.29 is 14.6 Å². The average Bonchev–Trinajstić information content (AvgIpc) is 3.38. The van der Waals surface area contributed by atoms with Gasteiger partial charge in [0.25, 0.3) is 0 Å². The molecule has 0 saturated heterocycles. The summed E-state index contributed by atoms with van der Waals surface area (Å²) in [5.41, 5.74) is 4.03. The Kier molecular flexibility index (Phi) is 3.45. The van der Waals surface area contributed by atoms with Crippen molar-refractivity contribution in [3.8, 4) is 5.75 Å². The molecule has 122 valence electrons. The fourth-order valence-corrected chi connectivity index (χ4v) is 2.96. The Balaban J connectivity index is 1.78. The van der Waals surface area contributed by atoms with Crippen LogP contribution < -0.4 is 4.74 Å². The van der Waals surface area contributed by atoms with Gasteiger partial charge in [-0.2, -0.15) is 5.10 Å². The van der Waals surface area contributed by atoms with Crippen molar-refractivity contribution in [2.75, 3.05) is 7.11 Å². The van der Waals surface area contributed by atoms with Gasteiger partial charge >= 0.3 is 5.97 Å². The zero-order valence-corrected chi connectivity index (χ0v) is 13.3. The third kappa shape index (κ3) is 2.60. The van der Waals surface area contributed by atoms with Crippen LogP contribution in [0.25, 0.3) is 5.52 Å². The lowest BCUT2D eigenvalue weighted by Gasteiger charge is -2.04. The fraction of sp³-hybridized carbons (Fsp3) is 0.278. The summed E-state index contributed by atoms with van der Waals surface area (Å²) >= 11 is 0. The van der Waals surface area contributed by atoms with Gasteiger partial charge in [0.15, 0.2) is 0 Å². The van der Waals surface area contributed by atoms with Crippen LogP contribution >= 0.6 is 0 Å². The van der Waals surface area contributed by atoms with E-state index in [0.29, 0.717) is 12.3 Å². The van der Waals surface area contributed by atoms with E-state index in [1.54, 1.807) is 13.2 Å². The number of aromatic carboxylic acids is 1. The molecule has 0 spiro atoms. The monoisotopic (exact) mass is 323 g/mol. The summed E-state index contributed by atoms with van der Waals surface area (Å²) in [6, 6.07) is 9.01. The molecule has 1 N–H and O–H groups in total. The van der Waals surface area contributed by atoms with Crippen molar-refractivity contribution in [2.45, 2.75) is 25.2 Å². The van der Waals surface area contributed by atoms with E-state index in [1.807, 2.05) is 28.9 Å². The lowest BCUT2D eigenvalue weighted by Crippen LogP contribution is -2.03. The molecule has 0 radical (unpaired) electrons. The summed E-state index contributed by atoms with van der Waals surface area (Å²) in [7, 11) is 1.63. The highest BCUT2D eigenvalue weighted by atomic mass is 16.5. The summed E-state index contributed by atoms with van der Waals surface area (Å²) in [4.78, 5) is 15.4. The van der Waals surface area contributed by atoms with Crippen LogP contribution in [0.5, 0.6) is 5.75 Å². The minimum absolute atomic E-state index is 0.0682. The van der Waals surface area contributed by atoms with E-state index < -0.39 is 5.97 Å². The van der Waals surface area contributed by atoms with Crippen LogP contribution in [0.1, 0.15) is 46.2 Å². The standard InChI is InChI=1S/C18H17N3O3/c1-24-13-7-8-16-14(17(11-5-6-11)20-21(16)10-13)9-12-3-2-4-15(19-12)18(22)23/h2-4,7-8,10-11H,5-6,9H2,1H3,(H,22,23). The Bertz CT molecular complexity index is 928. The zero-order chi connectivity index (χ0) is 16.7. The van der Waals surface area contributed by atoms with Crippen molar-refractivity contribution in [1.29, 1.82) is 0 Å². The highest BCUT2D eigenvalue weighted by molar-refractivity contribution is 5.85. The molecule has 1 saturated carbocycles. The lowest BCUT2D eigenvalue weighted by atomic mass is 10.0. The molecule has 4 rings (SSSR count). The molecule has 3 aromatic rings. The molecule has 0 amide bonds. The Hall–Kier alpha value is -2.89. The van der Waals surface area contributed by atoms with Crippen molar-refractivity contribution in [2.24, 2.45) is 0 Å². The maximum Gasteiger partial charge on any atom is 0.354 e. The normalized spacial score (nSPS) is 14.0. The minimum atomic E-state index is -1.01. The predicted octanol–water partition coefficient (Wildman–Crippen LogP) is 2.90. The molecule has 3 heterocycles. The van der Waals surface area contributed by atoms with Crippen LogP contribution in [0.2, 0.25) is 0 Å². The van der Waals surface area contributed by atoms with Crippen molar-refractivity contribution in [3.05, 3.63) is 59.2 Å². The highest BCUT2D eigenvalue weighted by Gasteiger charge is 2.30. The van der Waals surface area contributed by atoms with Gasteiger partial charge in [0.1, 0.15) is 11.4 Å². The van der Waals surface area contributed by atoms with E-state index >= 15 is 0 Å². The molecule has 0 unspecified atom stereocenters. The molecule has 24 heavy (non-hydrogen) atoms. The summed E-state index contributed by atoms with van der Waals surface area (Å²) in [5, 5.41) is 13.9. The molecule has 0 bridgehead atoms. The number of ether oxygens (including phenoxy) is 1. The van der Waals surface area contributed by atoms with Gasteiger partial charge in [-0.05, 0) is 37.1 Å². The molecular weight excluding hydrogens is 306 g/mol. The van der Waals surface area contributed by atoms with Gasteiger partial charge in [-0.3, -0.25) is 0 Å². The second kappa shape index (κ2) is 5.63. The van der Waals surface area contributed by atoms with Crippen LogP contribution in [0.4, 0.5) is 0 Å². The quantitative estimate of drug-likeness (QED) is 0.781. The summed E-state index contributed by atoms with van der Waals surface area (Å²) < 4.78 is 7.12. The predicted molar refractivity (Wildman–Crippen MR) is 87.7 cm³/mol. The minimum Gasteiger partial charge on any atom is -0.495 e. The molecule has 1 fully saturated rings. The smallest absolute Gasteiger partial charge is 0.354 e. The third-order valence-corrected chi connectivity index (χ3v) is 4.32. The van der Waals surface area contributed by atoms with Crippen LogP contribution in [0.3, 0.4) is 0 Å². The SMILES string of the molecule is COc1ccc2c(Cc3cccc(C(=O)O)n3)c(C3CC3)nn2c1. The van der Waals surface area contributed by atoms with Gasteiger partial charge in [-0.25, -0.2) is 14.3 Å². The topological polar surface area (TPSA) is 76.7 Å². The van der Waals surface area contributed by atoms with Gasteiger partial charge in [0, 0.05) is 23.6 Å². The molecule has 1 aliphatic carbocycles. The number of carboxylic acid groups (broad SMARTS) is 1. The lowest BCUT2D eigenvalue weighted by molar-refractivity contribution is 0.0690. The molecule has 1 aliphatic rings. The van der Waals surface area contributed by atoms with Gasteiger partial charge in [0.2, 0.25) is 0 Å². The number of fused-ring (bicyclic) bond motifs is 1. The van der Waals surface area contributed by atoms with Crippen LogP contribution in [-0.4, -0.2) is 32.8 Å². The fourth-order valence-electron chi connectivity index (χ4n) is 2.96. The maximum atomic E-state index is 11.1. The van der Waals surface area contributed by atoms with E-state index in [9.17, 15) is 4.79 Å². The second-order valence-electron chi connectivity index (χ2n) is 6.03. The number of pyridine rings is 2. The molecule has 0 atom stereocenters. The number of carboxylic acids is 1. The van der Waals surface area contributed by atoms with E-state index in [-0.39, 0.29) is 5.69 Å². The Morgan fingerprint density at radius 3 is 2.88 bits per heavy atom. The van der Waals surface area contributed by atoms with Crippen LogP contribution in [0, 0.1) is 0 Å². The van der Waals surface area contributed by atoms with Crippen molar-refractivity contribution >= 4 is 11.5 Å². The van der Waals surface area contributed by atoms with Gasteiger partial charge in [-0.1, -0.05) is 6.07 Å². The average molecular weight is 323 g/mol. The zero-order valence-electron chi connectivity index (χ0n) is 13.3. The van der Waals surface area contributed by atoms with Crippen molar-refractivity contribution in [3.63, 3.8) is 0 Å². The van der Waals surface area contributed by atoms with E-state index in [0.717, 1.165) is 41.1 Å². The summed E-state index contributed by atoms with van der Waals surface area (Å²) in [6.07, 6.45) is 4.74. The highest BCUT2D eigenvalue weighted by Crippen LogP contribution is 2.42. The maximum absolute atomic E-state index is 11.1. The summed E-state index contributed by atoms with van der Waals surface area (Å²) in [5.74, 6) is 0.238. The summed E-state index contributed by atoms with van der Waals surface area (Å²) in [6.45, 7) is 0. The second-order valence-corrected chi connectivity index (χ2v) is 6.03. The largest absolute Gasteiger partial charge is 0.495 e. The molecule has 0 aromatic carbocycles. The molecule has 6 heteroatoms. The molecule has 3 aromatic heterocycles. The number of aromatic nitrogens is 3. The number of methoxy groups -OCH3 is 1. The van der Waals surface area contributed by atoms with Crippen LogP contribution in [-0.2, 0) is 6.42 Å².